The molecule has 0 aromatic heterocycles. The first-order valence-corrected chi connectivity index (χ1v) is 9.50. The number of hydrogen-bond acceptors (Lipinski definition) is 3. The van der Waals surface area contributed by atoms with E-state index in [-0.39, 0.29) is 12.0 Å². The summed E-state index contributed by atoms with van der Waals surface area (Å²) in [6.45, 7) is 3.41. The monoisotopic (exact) mass is 375 g/mol. The van der Waals surface area contributed by atoms with Gasteiger partial charge >= 0.3 is 0 Å². The maximum absolute atomic E-state index is 11.9. The largest absolute Gasteiger partial charge is 0.490 e. The van der Waals surface area contributed by atoms with Gasteiger partial charge < -0.3 is 4.74 Å². The molecular formula is C15H22BrNO3S. The van der Waals surface area contributed by atoms with Crippen LogP contribution < -0.4 is 9.88 Å². The van der Waals surface area contributed by atoms with Crippen molar-refractivity contribution in [2.75, 3.05) is 0 Å². The molecule has 2 atom stereocenters. The molecule has 1 aromatic rings. The average Bonchev–Trinajstić information content (AvgIpc) is 2.40. The van der Waals surface area contributed by atoms with Crippen LogP contribution in [-0.4, -0.2) is 19.3 Å². The number of hydrogen-bond donors (Lipinski definition) is 1. The van der Waals surface area contributed by atoms with Crippen molar-refractivity contribution in [2.45, 2.75) is 50.4 Å². The van der Waals surface area contributed by atoms with Crippen molar-refractivity contribution in [3.05, 3.63) is 28.7 Å². The number of nitrogens with two attached hydrogens (primary N) is 1. The van der Waals surface area contributed by atoms with Gasteiger partial charge in [0.1, 0.15) is 11.9 Å². The smallest absolute Gasteiger partial charge is 0.214 e. The van der Waals surface area contributed by atoms with Crippen molar-refractivity contribution in [1.29, 1.82) is 0 Å². The number of primary sulfonamides is 1. The van der Waals surface area contributed by atoms with Gasteiger partial charge in [-0.1, -0.05) is 22.4 Å². The minimum absolute atomic E-state index is 0.0927. The van der Waals surface area contributed by atoms with Crippen molar-refractivity contribution in [1.82, 2.24) is 0 Å². The Morgan fingerprint density at radius 3 is 2.33 bits per heavy atom. The van der Waals surface area contributed by atoms with Gasteiger partial charge in [-0.25, -0.2) is 13.6 Å². The van der Waals surface area contributed by atoms with E-state index in [1.54, 1.807) is 13.8 Å². The molecule has 0 amide bonds. The lowest BCUT2D eigenvalue weighted by molar-refractivity contribution is 0.0734. The molecule has 0 radical (unpaired) electrons. The van der Waals surface area contributed by atoms with Gasteiger partial charge in [0.05, 0.1) is 4.75 Å². The fourth-order valence-electron chi connectivity index (χ4n) is 2.93. The summed E-state index contributed by atoms with van der Waals surface area (Å²) in [4.78, 5) is 0. The highest BCUT2D eigenvalue weighted by Crippen LogP contribution is 2.38. The number of halogens is 1. The topological polar surface area (TPSA) is 69.4 Å². The summed E-state index contributed by atoms with van der Waals surface area (Å²) in [5.41, 5.74) is 0. The Labute approximate surface area is 135 Å². The molecule has 2 rings (SSSR count). The van der Waals surface area contributed by atoms with Crippen LogP contribution in [0.3, 0.4) is 0 Å². The summed E-state index contributed by atoms with van der Waals surface area (Å²) >= 11 is 3.39. The highest BCUT2D eigenvalue weighted by molar-refractivity contribution is 9.10. The zero-order chi connectivity index (χ0) is 15.7. The standard InChI is InChI=1S/C15H22BrNO3S/c1-15(2,21(17,18)19)13-5-3-4-6-14(13)20-12-9-7-11(16)8-10-12/h7-10,13-14H,3-6H2,1-2H3,(H2,17,18,19)/t13-,14+/m0/s1. The minimum atomic E-state index is -3.62. The third-order valence-electron chi connectivity index (χ3n) is 4.43. The highest BCUT2D eigenvalue weighted by atomic mass is 79.9. The minimum Gasteiger partial charge on any atom is -0.490 e. The van der Waals surface area contributed by atoms with Gasteiger partial charge in [-0.05, 0) is 57.4 Å². The average molecular weight is 376 g/mol. The van der Waals surface area contributed by atoms with Gasteiger partial charge in [-0.15, -0.1) is 0 Å². The molecule has 0 heterocycles. The third kappa shape index (κ3) is 3.79. The molecule has 1 aromatic carbocycles. The normalized spacial score (nSPS) is 23.8. The van der Waals surface area contributed by atoms with Gasteiger partial charge in [-0.2, -0.15) is 0 Å². The van der Waals surface area contributed by atoms with Crippen LogP contribution >= 0.6 is 15.9 Å². The van der Waals surface area contributed by atoms with Crippen molar-refractivity contribution in [3.63, 3.8) is 0 Å². The van der Waals surface area contributed by atoms with E-state index in [9.17, 15) is 8.42 Å². The molecule has 0 bridgehead atoms. The molecule has 1 aliphatic carbocycles. The number of ether oxygens (including phenoxy) is 1. The van der Waals surface area contributed by atoms with Crippen LogP contribution in [0.1, 0.15) is 39.5 Å². The van der Waals surface area contributed by atoms with Gasteiger partial charge in [0.25, 0.3) is 0 Å². The van der Waals surface area contributed by atoms with Crippen LogP contribution in [0, 0.1) is 5.92 Å². The molecule has 1 saturated carbocycles. The van der Waals surface area contributed by atoms with Crippen LogP contribution in [-0.2, 0) is 10.0 Å². The Hall–Kier alpha value is -0.590. The second-order valence-corrected chi connectivity index (χ2v) is 9.21. The maximum atomic E-state index is 11.9. The maximum Gasteiger partial charge on any atom is 0.214 e. The Kier molecular flexibility index (Phi) is 5.00. The lowest BCUT2D eigenvalue weighted by Crippen LogP contribution is -2.51. The summed E-state index contributed by atoms with van der Waals surface area (Å²) in [7, 11) is -3.62. The summed E-state index contributed by atoms with van der Waals surface area (Å²) in [6.07, 6.45) is 3.64. The first kappa shape index (κ1) is 16.8. The molecule has 0 aliphatic heterocycles. The molecular weight excluding hydrogens is 354 g/mol. The van der Waals surface area contributed by atoms with Crippen molar-refractivity contribution in [2.24, 2.45) is 11.1 Å². The van der Waals surface area contributed by atoms with Crippen molar-refractivity contribution in [3.8, 4) is 5.75 Å². The first-order chi connectivity index (χ1) is 9.72. The highest BCUT2D eigenvalue weighted by Gasteiger charge is 2.45. The summed E-state index contributed by atoms with van der Waals surface area (Å²) in [5, 5.41) is 5.43. The van der Waals surface area contributed by atoms with Crippen LogP contribution in [0.25, 0.3) is 0 Å². The Morgan fingerprint density at radius 2 is 1.76 bits per heavy atom. The Balaban J connectivity index is 2.21. The van der Waals surface area contributed by atoms with E-state index in [1.165, 1.54) is 0 Å². The van der Waals surface area contributed by atoms with Crippen molar-refractivity contribution < 1.29 is 13.2 Å². The van der Waals surface area contributed by atoms with E-state index in [4.69, 9.17) is 9.88 Å². The van der Waals surface area contributed by atoms with Gasteiger partial charge in [0.15, 0.2) is 0 Å². The number of benzene rings is 1. The Bertz CT molecular complexity index is 583. The summed E-state index contributed by atoms with van der Waals surface area (Å²) in [6, 6.07) is 7.61. The zero-order valence-corrected chi connectivity index (χ0v) is 14.8. The second kappa shape index (κ2) is 6.26. The molecule has 118 valence electrons. The van der Waals surface area contributed by atoms with Crippen LogP contribution in [0.15, 0.2) is 28.7 Å². The molecule has 21 heavy (non-hydrogen) atoms. The third-order valence-corrected chi connectivity index (χ3v) is 6.73. The van der Waals surface area contributed by atoms with E-state index in [0.29, 0.717) is 0 Å². The molecule has 0 saturated heterocycles. The van der Waals surface area contributed by atoms with Crippen LogP contribution in [0.4, 0.5) is 0 Å². The van der Waals surface area contributed by atoms with E-state index in [1.807, 2.05) is 24.3 Å². The first-order valence-electron chi connectivity index (χ1n) is 7.16. The molecule has 1 fully saturated rings. The van der Waals surface area contributed by atoms with E-state index < -0.39 is 14.8 Å². The fraction of sp³-hybridized carbons (Fsp3) is 0.600. The van der Waals surface area contributed by atoms with Gasteiger partial charge in [0, 0.05) is 10.4 Å². The summed E-state index contributed by atoms with van der Waals surface area (Å²) < 4.78 is 29.9. The molecule has 6 heteroatoms. The molecule has 2 N–H and O–H groups in total. The lowest BCUT2D eigenvalue weighted by Gasteiger charge is -2.40. The van der Waals surface area contributed by atoms with Gasteiger partial charge in [-0.3, -0.25) is 0 Å². The van der Waals surface area contributed by atoms with Gasteiger partial charge in [0.2, 0.25) is 10.0 Å². The van der Waals surface area contributed by atoms with E-state index in [2.05, 4.69) is 15.9 Å². The van der Waals surface area contributed by atoms with E-state index >= 15 is 0 Å². The molecule has 4 nitrogen and oxygen atoms in total. The predicted octanol–water partition coefficient (Wildman–Crippen LogP) is 3.45. The lowest BCUT2D eigenvalue weighted by atomic mass is 9.78. The SMILES string of the molecule is CC(C)([C@H]1CCCC[C@H]1Oc1ccc(Br)cc1)S(N)(=O)=O. The number of rotatable bonds is 4. The zero-order valence-electron chi connectivity index (χ0n) is 12.4. The summed E-state index contributed by atoms with van der Waals surface area (Å²) in [5.74, 6) is 0.671. The van der Waals surface area contributed by atoms with E-state index in [0.717, 1.165) is 35.9 Å². The van der Waals surface area contributed by atoms with Crippen LogP contribution in [0.5, 0.6) is 5.75 Å². The quantitative estimate of drug-likeness (QED) is 0.875. The molecule has 1 aliphatic rings. The molecule has 0 unspecified atom stereocenters. The van der Waals surface area contributed by atoms with Crippen molar-refractivity contribution >= 4 is 26.0 Å². The predicted molar refractivity (Wildman–Crippen MR) is 87.7 cm³/mol. The Morgan fingerprint density at radius 1 is 1.19 bits per heavy atom. The number of sulfonamides is 1. The fourth-order valence-corrected chi connectivity index (χ4v) is 3.89. The molecule has 0 spiro atoms. The van der Waals surface area contributed by atoms with Crippen LogP contribution in [0.2, 0.25) is 0 Å². The second-order valence-electron chi connectivity index (χ2n) is 6.15.